The molecule has 2 aromatic carbocycles. The van der Waals surface area contributed by atoms with Gasteiger partial charge in [-0.05, 0) is 37.2 Å². The second-order valence-corrected chi connectivity index (χ2v) is 9.11. The van der Waals surface area contributed by atoms with E-state index in [9.17, 15) is 0 Å². The zero-order valence-electron chi connectivity index (χ0n) is 17.7. The summed E-state index contributed by atoms with van der Waals surface area (Å²) in [6.45, 7) is 4.39. The van der Waals surface area contributed by atoms with Crippen LogP contribution in [0.1, 0.15) is 12.8 Å². The minimum absolute atomic E-state index is 0.105. The normalized spacial score (nSPS) is 23.0. The first-order valence-electron chi connectivity index (χ1n) is 10.8. The number of rotatable bonds is 9. The number of ether oxygens (including phenoxy) is 2. The van der Waals surface area contributed by atoms with Crippen LogP contribution in [0.5, 0.6) is 11.5 Å². The zero-order chi connectivity index (χ0) is 21.6. The summed E-state index contributed by atoms with van der Waals surface area (Å²) in [6.07, 6.45) is 2.18. The lowest BCUT2D eigenvalue weighted by Crippen LogP contribution is -2.29. The molecule has 2 heterocycles. The predicted molar refractivity (Wildman–Crippen MR) is 128 cm³/mol. The third-order valence-corrected chi connectivity index (χ3v) is 6.15. The highest BCUT2D eigenvalue weighted by molar-refractivity contribution is 6.31. The molecule has 8 heteroatoms. The van der Waals surface area contributed by atoms with Crippen molar-refractivity contribution in [1.82, 2.24) is 10.6 Å². The predicted octanol–water partition coefficient (Wildman–Crippen LogP) is 4.24. The number of hydrogen-bond acceptors (Lipinski definition) is 6. The molecule has 0 spiro atoms. The Morgan fingerprint density at radius 1 is 1.00 bits per heavy atom. The summed E-state index contributed by atoms with van der Waals surface area (Å²) in [5.74, 6) is 2.16. The van der Waals surface area contributed by atoms with Gasteiger partial charge in [-0.3, -0.25) is 0 Å². The van der Waals surface area contributed by atoms with Crippen molar-refractivity contribution < 1.29 is 9.47 Å². The van der Waals surface area contributed by atoms with E-state index >= 15 is 0 Å². The van der Waals surface area contributed by atoms with Crippen molar-refractivity contribution in [3.05, 3.63) is 46.4 Å². The molecule has 4 N–H and O–H groups in total. The molecular formula is C23H30Cl2N4O2. The van der Waals surface area contributed by atoms with E-state index in [1.807, 2.05) is 43.4 Å². The van der Waals surface area contributed by atoms with E-state index in [1.165, 1.54) is 0 Å². The van der Waals surface area contributed by atoms with Gasteiger partial charge in [-0.15, -0.1) is 0 Å². The van der Waals surface area contributed by atoms with Crippen molar-refractivity contribution >= 4 is 34.6 Å². The first kappa shape index (κ1) is 22.3. The lowest BCUT2D eigenvalue weighted by molar-refractivity contribution is 0.220. The fourth-order valence-corrected chi connectivity index (χ4v) is 4.51. The molecule has 6 nitrogen and oxygen atoms in total. The minimum Gasteiger partial charge on any atom is -0.493 e. The van der Waals surface area contributed by atoms with E-state index in [4.69, 9.17) is 32.7 Å². The maximum absolute atomic E-state index is 6.31. The largest absolute Gasteiger partial charge is 0.493 e. The maximum Gasteiger partial charge on any atom is 0.123 e. The summed E-state index contributed by atoms with van der Waals surface area (Å²) in [5, 5.41) is 14.8. The van der Waals surface area contributed by atoms with Gasteiger partial charge in [0.2, 0.25) is 0 Å². The van der Waals surface area contributed by atoms with E-state index in [1.54, 1.807) is 0 Å². The Bertz CT molecular complexity index is 877. The topological polar surface area (TPSA) is 66.6 Å². The molecule has 0 saturated carbocycles. The van der Waals surface area contributed by atoms with Gasteiger partial charge in [0.15, 0.2) is 0 Å². The highest BCUT2D eigenvalue weighted by Crippen LogP contribution is 2.27. The van der Waals surface area contributed by atoms with Crippen LogP contribution in [-0.4, -0.2) is 52.0 Å². The molecule has 3 unspecified atom stereocenters. The second kappa shape index (κ2) is 10.6. The van der Waals surface area contributed by atoms with Crippen LogP contribution in [0, 0.1) is 5.92 Å². The van der Waals surface area contributed by atoms with Gasteiger partial charge >= 0.3 is 0 Å². The fourth-order valence-electron chi connectivity index (χ4n) is 4.05. The van der Waals surface area contributed by atoms with Crippen molar-refractivity contribution in [1.29, 1.82) is 0 Å². The Balaban J connectivity index is 1.26. The van der Waals surface area contributed by atoms with Gasteiger partial charge in [-0.1, -0.05) is 23.2 Å². The monoisotopic (exact) mass is 464 g/mol. The average molecular weight is 465 g/mol. The molecule has 0 aliphatic carbocycles. The van der Waals surface area contributed by atoms with Crippen molar-refractivity contribution in [2.75, 3.05) is 50.5 Å². The van der Waals surface area contributed by atoms with Crippen molar-refractivity contribution in [3.63, 3.8) is 0 Å². The van der Waals surface area contributed by atoms with Crippen molar-refractivity contribution in [2.45, 2.75) is 25.0 Å². The van der Waals surface area contributed by atoms with Crippen LogP contribution in [0.15, 0.2) is 36.4 Å². The zero-order valence-corrected chi connectivity index (χ0v) is 19.2. The third kappa shape index (κ3) is 6.56. The smallest absolute Gasteiger partial charge is 0.123 e. The van der Waals surface area contributed by atoms with Crippen LogP contribution in [0.4, 0.5) is 11.4 Å². The third-order valence-electron chi connectivity index (χ3n) is 5.72. The standard InChI is InChI=1S/C23H30Cl2N4O2/c1-26-18-4-16(24)7-22(8-18)31-23-10-20(29-13-23)12-28-19-5-17(25)6-21(9-19)30-14-15-2-3-27-11-15/h4-9,15,20,23,26-29H,2-3,10-14H2,1H3. The number of benzene rings is 2. The SMILES string of the molecule is CNc1cc(Cl)cc(OC2CNC(CNc3cc(Cl)cc(OCC4CCNC4)c3)C2)c1. The van der Waals surface area contributed by atoms with Crippen LogP contribution in [0.2, 0.25) is 10.0 Å². The Labute approximate surface area is 194 Å². The molecule has 0 bridgehead atoms. The van der Waals surface area contributed by atoms with Gasteiger partial charge < -0.3 is 30.7 Å². The number of hydrogen-bond donors (Lipinski definition) is 4. The van der Waals surface area contributed by atoms with Crippen LogP contribution in [0.3, 0.4) is 0 Å². The van der Waals surface area contributed by atoms with E-state index in [2.05, 4.69) is 21.3 Å². The van der Waals surface area contributed by atoms with E-state index in [-0.39, 0.29) is 6.10 Å². The molecule has 0 aromatic heterocycles. The maximum atomic E-state index is 6.31. The molecule has 2 fully saturated rings. The van der Waals surface area contributed by atoms with Crippen LogP contribution >= 0.6 is 23.2 Å². The molecule has 2 aliphatic rings. The molecule has 0 radical (unpaired) electrons. The lowest BCUT2D eigenvalue weighted by Gasteiger charge is -2.16. The molecular weight excluding hydrogens is 435 g/mol. The van der Waals surface area contributed by atoms with Crippen LogP contribution in [0.25, 0.3) is 0 Å². The highest BCUT2D eigenvalue weighted by atomic mass is 35.5. The first-order valence-corrected chi connectivity index (χ1v) is 11.6. The summed E-state index contributed by atoms with van der Waals surface area (Å²) >= 11 is 12.5. The van der Waals surface area contributed by atoms with Gasteiger partial charge in [0, 0.05) is 78.6 Å². The number of halogens is 2. The molecule has 168 valence electrons. The van der Waals surface area contributed by atoms with Crippen LogP contribution < -0.4 is 30.7 Å². The Hall–Kier alpha value is -1.86. The Morgan fingerprint density at radius 2 is 1.77 bits per heavy atom. The van der Waals surface area contributed by atoms with Gasteiger partial charge in [-0.2, -0.15) is 0 Å². The first-order chi connectivity index (χ1) is 15.1. The summed E-state index contributed by atoms with van der Waals surface area (Å²) in [7, 11) is 1.87. The van der Waals surface area contributed by atoms with E-state index < -0.39 is 0 Å². The molecule has 0 amide bonds. The lowest BCUT2D eigenvalue weighted by atomic mass is 10.1. The van der Waals surface area contributed by atoms with E-state index in [0.29, 0.717) is 22.0 Å². The quantitative estimate of drug-likeness (QED) is 0.444. The van der Waals surface area contributed by atoms with Gasteiger partial charge in [0.05, 0.1) is 6.61 Å². The Morgan fingerprint density at radius 3 is 2.55 bits per heavy atom. The van der Waals surface area contributed by atoms with Crippen molar-refractivity contribution in [2.24, 2.45) is 5.92 Å². The van der Waals surface area contributed by atoms with Gasteiger partial charge in [-0.25, -0.2) is 0 Å². The molecule has 2 saturated heterocycles. The molecule has 2 aromatic rings. The van der Waals surface area contributed by atoms with E-state index in [0.717, 1.165) is 68.5 Å². The molecule has 31 heavy (non-hydrogen) atoms. The highest BCUT2D eigenvalue weighted by Gasteiger charge is 2.25. The van der Waals surface area contributed by atoms with Crippen molar-refractivity contribution in [3.8, 4) is 11.5 Å². The molecule has 3 atom stereocenters. The molecule has 4 rings (SSSR count). The molecule has 2 aliphatic heterocycles. The second-order valence-electron chi connectivity index (χ2n) is 8.23. The summed E-state index contributed by atoms with van der Waals surface area (Å²) in [5.41, 5.74) is 1.90. The van der Waals surface area contributed by atoms with Gasteiger partial charge in [0.25, 0.3) is 0 Å². The fraction of sp³-hybridized carbons (Fsp3) is 0.478. The average Bonchev–Trinajstić information content (AvgIpc) is 3.42. The minimum atomic E-state index is 0.105. The number of nitrogens with one attached hydrogen (secondary N) is 4. The van der Waals surface area contributed by atoms with Crippen LogP contribution in [-0.2, 0) is 0 Å². The summed E-state index contributed by atoms with van der Waals surface area (Å²) < 4.78 is 12.1. The Kier molecular flexibility index (Phi) is 7.67. The van der Waals surface area contributed by atoms with Gasteiger partial charge in [0.1, 0.15) is 17.6 Å². The number of anilines is 2. The summed E-state index contributed by atoms with van der Waals surface area (Å²) in [4.78, 5) is 0. The summed E-state index contributed by atoms with van der Waals surface area (Å²) in [6, 6.07) is 11.8.